The van der Waals surface area contributed by atoms with Crippen LogP contribution in [0.25, 0.3) is 0 Å². The molecular formula is C20H16N2O2. The van der Waals surface area contributed by atoms with Gasteiger partial charge < -0.3 is 5.32 Å². The highest BCUT2D eigenvalue weighted by Crippen LogP contribution is 2.19. The minimum atomic E-state index is -0.761. The van der Waals surface area contributed by atoms with Crippen LogP contribution < -0.4 is 5.32 Å². The van der Waals surface area contributed by atoms with E-state index in [0.29, 0.717) is 16.7 Å². The van der Waals surface area contributed by atoms with Crippen molar-refractivity contribution in [3.8, 4) is 0 Å². The van der Waals surface area contributed by atoms with Crippen LogP contribution in [0.4, 0.5) is 0 Å². The summed E-state index contributed by atoms with van der Waals surface area (Å²) in [6.45, 7) is 0. The van der Waals surface area contributed by atoms with Crippen molar-refractivity contribution in [2.75, 3.05) is 0 Å². The van der Waals surface area contributed by atoms with Crippen LogP contribution in [0.5, 0.6) is 0 Å². The van der Waals surface area contributed by atoms with E-state index in [1.165, 1.54) is 0 Å². The van der Waals surface area contributed by atoms with Crippen LogP contribution >= 0.6 is 0 Å². The molecule has 1 amide bonds. The number of nitrogens with zero attached hydrogens (tertiary/aromatic N) is 1. The first kappa shape index (κ1) is 15.6. The van der Waals surface area contributed by atoms with E-state index in [1.54, 1.807) is 73.1 Å². The standard InChI is InChI=1S/C20H16N2O2/c23-19(16-7-3-1-4-8-16)18(15-11-13-21-14-12-15)22-20(24)17-9-5-2-6-10-17/h1-14,18H,(H,22,24). The molecule has 1 atom stereocenters. The van der Waals surface area contributed by atoms with Gasteiger partial charge in [0.15, 0.2) is 5.78 Å². The molecule has 0 aliphatic heterocycles. The van der Waals surface area contributed by atoms with Crippen LogP contribution in [0, 0.1) is 0 Å². The molecule has 0 radical (unpaired) electrons. The van der Waals surface area contributed by atoms with Gasteiger partial charge in [-0.1, -0.05) is 48.5 Å². The van der Waals surface area contributed by atoms with E-state index in [1.807, 2.05) is 12.1 Å². The summed E-state index contributed by atoms with van der Waals surface area (Å²) in [4.78, 5) is 29.3. The topological polar surface area (TPSA) is 59.1 Å². The lowest BCUT2D eigenvalue weighted by atomic mass is 9.97. The molecular weight excluding hydrogens is 300 g/mol. The maximum Gasteiger partial charge on any atom is 0.252 e. The summed E-state index contributed by atoms with van der Waals surface area (Å²) in [5, 5.41) is 2.83. The molecule has 3 rings (SSSR count). The molecule has 118 valence electrons. The van der Waals surface area contributed by atoms with Crippen LogP contribution in [0.1, 0.15) is 32.3 Å². The minimum Gasteiger partial charge on any atom is -0.338 e. The molecule has 0 spiro atoms. The monoisotopic (exact) mass is 316 g/mol. The Balaban J connectivity index is 1.91. The van der Waals surface area contributed by atoms with E-state index < -0.39 is 6.04 Å². The first-order chi connectivity index (χ1) is 11.8. The molecule has 0 aliphatic carbocycles. The molecule has 1 N–H and O–H groups in total. The van der Waals surface area contributed by atoms with Gasteiger partial charge in [0.25, 0.3) is 5.91 Å². The number of aromatic nitrogens is 1. The summed E-state index contributed by atoms with van der Waals surface area (Å²) in [6, 6.07) is 20.5. The van der Waals surface area contributed by atoms with Gasteiger partial charge in [0.2, 0.25) is 0 Å². The minimum absolute atomic E-state index is 0.161. The molecule has 4 nitrogen and oxygen atoms in total. The van der Waals surface area contributed by atoms with Gasteiger partial charge in [0.1, 0.15) is 6.04 Å². The van der Waals surface area contributed by atoms with Crippen molar-refractivity contribution in [1.29, 1.82) is 0 Å². The molecule has 2 aromatic carbocycles. The third-order valence-electron chi connectivity index (χ3n) is 3.67. The van der Waals surface area contributed by atoms with E-state index in [0.717, 1.165) is 0 Å². The normalized spacial score (nSPS) is 11.5. The SMILES string of the molecule is O=C(NC(C(=O)c1ccccc1)c1ccncc1)c1ccccc1. The highest BCUT2D eigenvalue weighted by molar-refractivity contribution is 6.04. The summed E-state index contributed by atoms with van der Waals surface area (Å²) in [5.74, 6) is -0.451. The number of carbonyl (C=O) groups excluding carboxylic acids is 2. The van der Waals surface area contributed by atoms with Gasteiger partial charge in [-0.2, -0.15) is 0 Å². The van der Waals surface area contributed by atoms with Gasteiger partial charge in [-0.3, -0.25) is 14.6 Å². The van der Waals surface area contributed by atoms with Crippen molar-refractivity contribution in [1.82, 2.24) is 10.3 Å². The smallest absolute Gasteiger partial charge is 0.252 e. The summed E-state index contributed by atoms with van der Waals surface area (Å²) >= 11 is 0. The fraction of sp³-hybridized carbons (Fsp3) is 0.0500. The maximum atomic E-state index is 12.9. The Morgan fingerprint density at radius 2 is 1.29 bits per heavy atom. The Morgan fingerprint density at radius 3 is 1.88 bits per heavy atom. The predicted molar refractivity (Wildman–Crippen MR) is 91.7 cm³/mol. The molecule has 1 aromatic heterocycles. The third-order valence-corrected chi connectivity index (χ3v) is 3.67. The molecule has 1 heterocycles. The van der Waals surface area contributed by atoms with E-state index in [4.69, 9.17) is 0 Å². The second-order valence-electron chi connectivity index (χ2n) is 5.28. The molecule has 0 saturated carbocycles. The summed E-state index contributed by atoms with van der Waals surface area (Å²) in [7, 11) is 0. The maximum absolute atomic E-state index is 12.9. The van der Waals surface area contributed by atoms with Crippen molar-refractivity contribution >= 4 is 11.7 Å². The number of nitrogens with one attached hydrogen (secondary N) is 1. The number of Topliss-reactive ketones (excluding diaryl/α,β-unsaturated/α-hetero) is 1. The number of benzene rings is 2. The van der Waals surface area contributed by atoms with E-state index in [2.05, 4.69) is 10.3 Å². The van der Waals surface area contributed by atoms with Crippen LogP contribution in [0.3, 0.4) is 0 Å². The third kappa shape index (κ3) is 3.55. The van der Waals surface area contributed by atoms with Crippen LogP contribution in [-0.4, -0.2) is 16.7 Å². The fourth-order valence-electron chi connectivity index (χ4n) is 2.43. The largest absolute Gasteiger partial charge is 0.338 e. The van der Waals surface area contributed by atoms with Gasteiger partial charge in [-0.15, -0.1) is 0 Å². The van der Waals surface area contributed by atoms with Crippen molar-refractivity contribution < 1.29 is 9.59 Å². The van der Waals surface area contributed by atoms with Crippen LogP contribution in [0.15, 0.2) is 85.2 Å². The van der Waals surface area contributed by atoms with Crippen LogP contribution in [0.2, 0.25) is 0 Å². The summed E-state index contributed by atoms with van der Waals surface area (Å²) in [5.41, 5.74) is 1.76. The van der Waals surface area contributed by atoms with Gasteiger partial charge in [0, 0.05) is 23.5 Å². The lowest BCUT2D eigenvalue weighted by molar-refractivity contribution is 0.0857. The quantitative estimate of drug-likeness (QED) is 0.734. The summed E-state index contributed by atoms with van der Waals surface area (Å²) in [6.07, 6.45) is 3.21. The molecule has 3 aromatic rings. The van der Waals surface area contributed by atoms with Gasteiger partial charge in [-0.25, -0.2) is 0 Å². The summed E-state index contributed by atoms with van der Waals surface area (Å²) < 4.78 is 0. The second-order valence-corrected chi connectivity index (χ2v) is 5.28. The van der Waals surface area contributed by atoms with E-state index in [-0.39, 0.29) is 11.7 Å². The average molecular weight is 316 g/mol. The number of carbonyl (C=O) groups is 2. The molecule has 24 heavy (non-hydrogen) atoms. The van der Waals surface area contributed by atoms with Gasteiger partial charge in [-0.05, 0) is 29.8 Å². The second kappa shape index (κ2) is 7.33. The Kier molecular flexibility index (Phi) is 4.77. The Hall–Kier alpha value is -3.27. The highest BCUT2D eigenvalue weighted by atomic mass is 16.2. The number of hydrogen-bond donors (Lipinski definition) is 1. The molecule has 4 heteroatoms. The molecule has 0 bridgehead atoms. The Bertz CT molecular complexity index is 818. The first-order valence-corrected chi connectivity index (χ1v) is 7.61. The number of amides is 1. The number of ketones is 1. The van der Waals surface area contributed by atoms with E-state index >= 15 is 0 Å². The van der Waals surface area contributed by atoms with Crippen LogP contribution in [-0.2, 0) is 0 Å². The Morgan fingerprint density at radius 1 is 0.750 bits per heavy atom. The zero-order chi connectivity index (χ0) is 16.8. The first-order valence-electron chi connectivity index (χ1n) is 7.61. The zero-order valence-electron chi connectivity index (χ0n) is 12.9. The lowest BCUT2D eigenvalue weighted by Gasteiger charge is -2.18. The van der Waals surface area contributed by atoms with Crippen molar-refractivity contribution in [2.45, 2.75) is 6.04 Å². The molecule has 0 saturated heterocycles. The fourth-order valence-corrected chi connectivity index (χ4v) is 2.43. The zero-order valence-corrected chi connectivity index (χ0v) is 12.9. The molecule has 1 unspecified atom stereocenters. The predicted octanol–water partition coefficient (Wildman–Crippen LogP) is 3.44. The van der Waals surface area contributed by atoms with Crippen molar-refractivity contribution in [2.24, 2.45) is 0 Å². The lowest BCUT2D eigenvalue weighted by Crippen LogP contribution is -2.34. The molecule has 0 aliphatic rings. The van der Waals surface area contributed by atoms with Gasteiger partial charge in [0.05, 0.1) is 0 Å². The number of rotatable bonds is 5. The number of pyridine rings is 1. The number of hydrogen-bond acceptors (Lipinski definition) is 3. The van der Waals surface area contributed by atoms with E-state index in [9.17, 15) is 9.59 Å². The van der Waals surface area contributed by atoms with Crippen molar-refractivity contribution in [3.05, 3.63) is 102 Å². The highest BCUT2D eigenvalue weighted by Gasteiger charge is 2.24. The van der Waals surface area contributed by atoms with Crippen molar-refractivity contribution in [3.63, 3.8) is 0 Å². The Labute approximate surface area is 140 Å². The van der Waals surface area contributed by atoms with Gasteiger partial charge >= 0.3 is 0 Å². The average Bonchev–Trinajstić information content (AvgIpc) is 2.67. The molecule has 0 fully saturated rings.